The average Bonchev–Trinajstić information content (AvgIpc) is 2.18. The van der Waals surface area contributed by atoms with Gasteiger partial charge in [-0.2, -0.15) is 0 Å². The van der Waals surface area contributed by atoms with Crippen molar-refractivity contribution in [3.63, 3.8) is 0 Å². The Labute approximate surface area is 93.2 Å². The summed E-state index contributed by atoms with van der Waals surface area (Å²) in [7, 11) is 0. The third-order valence-electron chi connectivity index (χ3n) is 2.61. The lowest BCUT2D eigenvalue weighted by molar-refractivity contribution is 0.604. The Kier molecular flexibility index (Phi) is 4.10. The second-order valence-electron chi connectivity index (χ2n) is 4.42. The first-order valence-electron chi connectivity index (χ1n) is 5.45. The highest BCUT2D eigenvalue weighted by Gasteiger charge is 2.07. The molecular formula is C14H21N. The predicted octanol–water partition coefficient (Wildman–Crippen LogP) is 3.53. The Morgan fingerprint density at radius 3 is 2.67 bits per heavy atom. The van der Waals surface area contributed by atoms with Crippen molar-refractivity contribution in [3.8, 4) is 0 Å². The van der Waals surface area contributed by atoms with Crippen molar-refractivity contribution in [2.24, 2.45) is 0 Å². The Balaban J connectivity index is 2.76. The Morgan fingerprint density at radius 1 is 1.40 bits per heavy atom. The van der Waals surface area contributed by atoms with Crippen LogP contribution >= 0.6 is 0 Å². The molecule has 1 unspecified atom stereocenters. The van der Waals surface area contributed by atoms with Crippen molar-refractivity contribution in [3.05, 3.63) is 47.0 Å². The molecule has 1 aromatic rings. The van der Waals surface area contributed by atoms with Gasteiger partial charge in [0.05, 0.1) is 0 Å². The molecule has 1 N–H and O–H groups in total. The molecule has 1 nitrogen and oxygen atoms in total. The van der Waals surface area contributed by atoms with Crippen LogP contribution in [0, 0.1) is 13.8 Å². The molecule has 0 amide bonds. The van der Waals surface area contributed by atoms with Gasteiger partial charge in [0, 0.05) is 12.6 Å². The van der Waals surface area contributed by atoms with E-state index in [0.29, 0.717) is 6.04 Å². The molecule has 15 heavy (non-hydrogen) atoms. The van der Waals surface area contributed by atoms with E-state index in [0.717, 1.165) is 6.54 Å². The van der Waals surface area contributed by atoms with Crippen molar-refractivity contribution in [1.82, 2.24) is 5.32 Å². The van der Waals surface area contributed by atoms with E-state index < -0.39 is 0 Å². The highest BCUT2D eigenvalue weighted by molar-refractivity contribution is 5.32. The molecule has 82 valence electrons. The topological polar surface area (TPSA) is 12.0 Å². The van der Waals surface area contributed by atoms with Crippen LogP contribution < -0.4 is 5.32 Å². The normalized spacial score (nSPS) is 12.5. The molecule has 0 aliphatic carbocycles. The van der Waals surface area contributed by atoms with Crippen molar-refractivity contribution in [2.75, 3.05) is 6.54 Å². The maximum absolute atomic E-state index is 3.90. The van der Waals surface area contributed by atoms with E-state index in [1.165, 1.54) is 22.3 Å². The minimum Gasteiger partial charge on any atom is -0.306 e. The molecule has 0 bridgehead atoms. The van der Waals surface area contributed by atoms with E-state index in [9.17, 15) is 0 Å². The second kappa shape index (κ2) is 5.13. The maximum atomic E-state index is 3.90. The predicted molar refractivity (Wildman–Crippen MR) is 67.1 cm³/mol. The van der Waals surface area contributed by atoms with Gasteiger partial charge in [-0.3, -0.25) is 0 Å². The van der Waals surface area contributed by atoms with Crippen LogP contribution in [0.1, 0.15) is 36.6 Å². The van der Waals surface area contributed by atoms with E-state index in [1.54, 1.807) is 0 Å². The summed E-state index contributed by atoms with van der Waals surface area (Å²) in [5.41, 5.74) is 5.23. The van der Waals surface area contributed by atoms with E-state index in [4.69, 9.17) is 0 Å². The molecular weight excluding hydrogens is 182 g/mol. The van der Waals surface area contributed by atoms with Gasteiger partial charge in [0.1, 0.15) is 0 Å². The highest BCUT2D eigenvalue weighted by Crippen LogP contribution is 2.18. The van der Waals surface area contributed by atoms with Gasteiger partial charge >= 0.3 is 0 Å². The number of nitrogens with one attached hydrogen (secondary N) is 1. The lowest BCUT2D eigenvalue weighted by Gasteiger charge is -2.17. The summed E-state index contributed by atoms with van der Waals surface area (Å²) >= 11 is 0. The molecule has 0 saturated heterocycles. The zero-order valence-corrected chi connectivity index (χ0v) is 10.2. The number of hydrogen-bond acceptors (Lipinski definition) is 1. The largest absolute Gasteiger partial charge is 0.306 e. The Hall–Kier alpha value is -1.08. The fourth-order valence-corrected chi connectivity index (χ4v) is 1.66. The zero-order chi connectivity index (χ0) is 11.4. The van der Waals surface area contributed by atoms with Gasteiger partial charge in [-0.05, 0) is 38.8 Å². The Morgan fingerprint density at radius 2 is 2.07 bits per heavy atom. The summed E-state index contributed by atoms with van der Waals surface area (Å²) in [6.45, 7) is 13.3. The van der Waals surface area contributed by atoms with Crippen molar-refractivity contribution >= 4 is 0 Å². The highest BCUT2D eigenvalue weighted by atomic mass is 14.9. The van der Waals surface area contributed by atoms with E-state index in [2.05, 4.69) is 50.9 Å². The van der Waals surface area contributed by atoms with Crippen LogP contribution in [0.3, 0.4) is 0 Å². The standard InChI is InChI=1S/C14H21N/c1-10(2)9-15-13(5)14-8-11(3)6-7-12(14)4/h6-8,13,15H,1,9H2,2-5H3. The quantitative estimate of drug-likeness (QED) is 0.738. The van der Waals surface area contributed by atoms with Gasteiger partial charge in [-0.25, -0.2) is 0 Å². The first kappa shape index (κ1) is 12.0. The summed E-state index contributed by atoms with van der Waals surface area (Å²) < 4.78 is 0. The van der Waals surface area contributed by atoms with Gasteiger partial charge in [-0.1, -0.05) is 35.9 Å². The lowest BCUT2D eigenvalue weighted by Crippen LogP contribution is -2.21. The van der Waals surface area contributed by atoms with Crippen molar-refractivity contribution in [1.29, 1.82) is 0 Å². The van der Waals surface area contributed by atoms with Crippen LogP contribution in [0.15, 0.2) is 30.4 Å². The first-order chi connectivity index (χ1) is 7.00. The number of hydrogen-bond donors (Lipinski definition) is 1. The fourth-order valence-electron chi connectivity index (χ4n) is 1.66. The van der Waals surface area contributed by atoms with Gasteiger partial charge in [0.2, 0.25) is 0 Å². The molecule has 0 saturated carbocycles. The minimum absolute atomic E-state index is 0.390. The van der Waals surface area contributed by atoms with E-state index >= 15 is 0 Å². The summed E-state index contributed by atoms with van der Waals surface area (Å²) in [4.78, 5) is 0. The maximum Gasteiger partial charge on any atom is 0.0297 e. The molecule has 1 rings (SSSR count). The van der Waals surface area contributed by atoms with Gasteiger partial charge in [0.25, 0.3) is 0 Å². The van der Waals surface area contributed by atoms with Crippen LogP contribution in [0.2, 0.25) is 0 Å². The summed E-state index contributed by atoms with van der Waals surface area (Å²) in [5.74, 6) is 0. The molecule has 1 heteroatoms. The molecule has 0 heterocycles. The molecule has 0 fully saturated rings. The average molecular weight is 203 g/mol. The lowest BCUT2D eigenvalue weighted by atomic mass is 10.00. The summed E-state index contributed by atoms with van der Waals surface area (Å²) in [6, 6.07) is 6.99. The van der Waals surface area contributed by atoms with Crippen LogP contribution in [-0.4, -0.2) is 6.54 Å². The molecule has 0 aliphatic heterocycles. The second-order valence-corrected chi connectivity index (χ2v) is 4.42. The first-order valence-corrected chi connectivity index (χ1v) is 5.45. The Bertz CT molecular complexity index is 352. The van der Waals surface area contributed by atoms with E-state index in [-0.39, 0.29) is 0 Å². The monoisotopic (exact) mass is 203 g/mol. The summed E-state index contributed by atoms with van der Waals surface area (Å²) in [6.07, 6.45) is 0. The molecule has 1 aromatic carbocycles. The van der Waals surface area contributed by atoms with Crippen molar-refractivity contribution in [2.45, 2.75) is 33.7 Å². The van der Waals surface area contributed by atoms with Gasteiger partial charge < -0.3 is 5.32 Å². The smallest absolute Gasteiger partial charge is 0.0297 e. The third kappa shape index (κ3) is 3.52. The minimum atomic E-state index is 0.390. The third-order valence-corrected chi connectivity index (χ3v) is 2.61. The SMILES string of the molecule is C=C(C)CNC(C)c1cc(C)ccc1C. The number of benzene rings is 1. The van der Waals surface area contributed by atoms with Crippen LogP contribution in [0.4, 0.5) is 0 Å². The molecule has 1 atom stereocenters. The molecule has 0 spiro atoms. The van der Waals surface area contributed by atoms with E-state index in [1.807, 2.05) is 6.92 Å². The van der Waals surface area contributed by atoms with Gasteiger partial charge in [-0.15, -0.1) is 0 Å². The zero-order valence-electron chi connectivity index (χ0n) is 10.2. The van der Waals surface area contributed by atoms with Crippen molar-refractivity contribution < 1.29 is 0 Å². The van der Waals surface area contributed by atoms with Crippen LogP contribution in [-0.2, 0) is 0 Å². The van der Waals surface area contributed by atoms with Gasteiger partial charge in [0.15, 0.2) is 0 Å². The fraction of sp³-hybridized carbons (Fsp3) is 0.429. The number of aryl methyl sites for hydroxylation is 2. The molecule has 0 aromatic heterocycles. The van der Waals surface area contributed by atoms with Crippen LogP contribution in [0.25, 0.3) is 0 Å². The molecule has 0 aliphatic rings. The number of rotatable bonds is 4. The van der Waals surface area contributed by atoms with Crippen LogP contribution in [0.5, 0.6) is 0 Å². The summed E-state index contributed by atoms with van der Waals surface area (Å²) in [5, 5.41) is 3.47. The molecule has 0 radical (unpaired) electrons.